The van der Waals surface area contributed by atoms with E-state index in [1.54, 1.807) is 23.2 Å². The van der Waals surface area contributed by atoms with Gasteiger partial charge >= 0.3 is 0 Å². The first-order chi connectivity index (χ1) is 19.4. The summed E-state index contributed by atoms with van der Waals surface area (Å²) >= 11 is 0. The monoisotopic (exact) mass is 548 g/mol. The zero-order valence-corrected chi connectivity index (χ0v) is 22.8. The highest BCUT2D eigenvalue weighted by Crippen LogP contribution is 2.25. The molecular weight excluding hydrogens is 514 g/mol. The molecule has 1 aromatic carbocycles. The van der Waals surface area contributed by atoms with E-state index >= 15 is 8.78 Å². The van der Waals surface area contributed by atoms with Gasteiger partial charge in [0, 0.05) is 86.6 Å². The van der Waals surface area contributed by atoms with E-state index in [-0.39, 0.29) is 12.1 Å². The average Bonchev–Trinajstić information content (AvgIpc) is 3.34. The Kier molecular flexibility index (Phi) is 7.70. The Balaban J connectivity index is 1.21. The van der Waals surface area contributed by atoms with Gasteiger partial charge in [0.05, 0.1) is 24.6 Å². The van der Waals surface area contributed by atoms with Crippen LogP contribution in [0.5, 0.6) is 0 Å². The van der Waals surface area contributed by atoms with Gasteiger partial charge in [-0.25, -0.2) is 13.8 Å². The van der Waals surface area contributed by atoms with E-state index in [1.165, 1.54) is 12.1 Å². The van der Waals surface area contributed by atoms with Crippen molar-refractivity contribution in [3.8, 4) is 5.69 Å². The summed E-state index contributed by atoms with van der Waals surface area (Å²) in [6.45, 7) is 9.75. The number of morpholine rings is 1. The van der Waals surface area contributed by atoms with Gasteiger partial charge in [-0.2, -0.15) is 4.98 Å². The molecule has 0 bridgehead atoms. The van der Waals surface area contributed by atoms with Crippen molar-refractivity contribution >= 4 is 22.7 Å². The highest BCUT2D eigenvalue weighted by molar-refractivity contribution is 5.78. The summed E-state index contributed by atoms with van der Waals surface area (Å²) in [5.41, 5.74) is 2.76. The van der Waals surface area contributed by atoms with Gasteiger partial charge in [0.25, 0.3) is 0 Å². The zero-order chi connectivity index (χ0) is 27.6. The predicted molar refractivity (Wildman–Crippen MR) is 150 cm³/mol. The number of nitrogens with one attached hydrogen (secondary N) is 2. The first-order valence-corrected chi connectivity index (χ1v) is 13.7. The molecule has 4 aromatic rings. The van der Waals surface area contributed by atoms with Crippen LogP contribution in [0.15, 0.2) is 48.9 Å². The second-order valence-corrected chi connectivity index (χ2v) is 10.8. The van der Waals surface area contributed by atoms with Crippen LogP contribution < -0.4 is 10.6 Å². The van der Waals surface area contributed by atoms with Crippen LogP contribution in [0.1, 0.15) is 25.1 Å². The minimum atomic E-state index is -0.576. The van der Waals surface area contributed by atoms with Gasteiger partial charge in [0.2, 0.25) is 5.95 Å². The van der Waals surface area contributed by atoms with Crippen molar-refractivity contribution in [2.24, 2.45) is 0 Å². The number of nitrogens with zero attached hydrogens (tertiary/aromatic N) is 6. The molecule has 11 heteroatoms. The summed E-state index contributed by atoms with van der Waals surface area (Å²) in [5, 5.41) is 7.58. The first-order valence-electron chi connectivity index (χ1n) is 13.7. The number of piperazine rings is 1. The molecule has 2 fully saturated rings. The lowest BCUT2D eigenvalue weighted by Crippen LogP contribution is -2.53. The molecule has 9 nitrogen and oxygen atoms in total. The zero-order valence-electron chi connectivity index (χ0n) is 22.8. The maximum atomic E-state index is 15.1. The molecular formula is C29H34F2N8O. The van der Waals surface area contributed by atoms with Crippen LogP contribution >= 0.6 is 0 Å². The minimum absolute atomic E-state index is 0.0670. The van der Waals surface area contributed by atoms with Crippen molar-refractivity contribution in [3.63, 3.8) is 0 Å². The number of hydrogen-bond acceptors (Lipinski definition) is 8. The lowest BCUT2D eigenvalue weighted by Gasteiger charge is -2.35. The fourth-order valence-electron chi connectivity index (χ4n) is 5.62. The number of fused-ring (bicyclic) bond motifs is 1. The SMILES string of the molecule is C[C@@H]1CN(Cc2cc(Nc3ncc4ccn(-c5cc(F)c(CN6CCOCC6)c(F)c5)c4n3)ccn2)C[C@H](C)N1. The summed E-state index contributed by atoms with van der Waals surface area (Å²) in [5.74, 6) is -0.763. The molecule has 6 rings (SSSR count). The molecule has 40 heavy (non-hydrogen) atoms. The van der Waals surface area contributed by atoms with Crippen LogP contribution in [0.3, 0.4) is 0 Å². The lowest BCUT2D eigenvalue weighted by molar-refractivity contribution is 0.0332. The number of aromatic nitrogens is 4. The first kappa shape index (κ1) is 26.7. The fourth-order valence-corrected chi connectivity index (χ4v) is 5.62. The summed E-state index contributed by atoms with van der Waals surface area (Å²) in [6, 6.07) is 9.30. The predicted octanol–water partition coefficient (Wildman–Crippen LogP) is 3.85. The molecule has 0 saturated carbocycles. The van der Waals surface area contributed by atoms with Crippen molar-refractivity contribution < 1.29 is 13.5 Å². The molecule has 0 amide bonds. The third kappa shape index (κ3) is 5.97. The molecule has 3 aromatic heterocycles. The minimum Gasteiger partial charge on any atom is -0.379 e. The smallest absolute Gasteiger partial charge is 0.229 e. The average molecular weight is 549 g/mol. The number of anilines is 2. The number of hydrogen-bond donors (Lipinski definition) is 2. The molecule has 210 valence electrons. The van der Waals surface area contributed by atoms with E-state index in [0.29, 0.717) is 55.7 Å². The van der Waals surface area contributed by atoms with Gasteiger partial charge in [-0.3, -0.25) is 14.8 Å². The molecule has 0 unspecified atom stereocenters. The quantitative estimate of drug-likeness (QED) is 0.361. The van der Waals surface area contributed by atoms with E-state index in [1.807, 2.05) is 23.1 Å². The highest BCUT2D eigenvalue weighted by atomic mass is 19.1. The van der Waals surface area contributed by atoms with E-state index in [9.17, 15) is 0 Å². The number of ether oxygens (including phenoxy) is 1. The Bertz CT molecular complexity index is 1460. The largest absolute Gasteiger partial charge is 0.379 e. The van der Waals surface area contributed by atoms with E-state index in [2.05, 4.69) is 44.3 Å². The topological polar surface area (TPSA) is 83.4 Å². The summed E-state index contributed by atoms with van der Waals surface area (Å²) in [4.78, 5) is 18.1. The van der Waals surface area contributed by atoms with Gasteiger partial charge < -0.3 is 19.9 Å². The van der Waals surface area contributed by atoms with Gasteiger partial charge in [-0.05, 0) is 44.2 Å². The molecule has 0 spiro atoms. The van der Waals surface area contributed by atoms with Crippen LogP contribution in [0, 0.1) is 11.6 Å². The van der Waals surface area contributed by atoms with Gasteiger partial charge in [-0.1, -0.05) is 0 Å². The molecule has 2 N–H and O–H groups in total. The second kappa shape index (κ2) is 11.5. The Morgan fingerprint density at radius 1 is 0.975 bits per heavy atom. The third-order valence-electron chi connectivity index (χ3n) is 7.41. The Labute approximate surface area is 232 Å². The molecule has 2 atom stereocenters. The van der Waals surface area contributed by atoms with Gasteiger partial charge in [-0.15, -0.1) is 0 Å². The maximum Gasteiger partial charge on any atom is 0.229 e. The lowest BCUT2D eigenvalue weighted by atomic mass is 10.1. The van der Waals surface area contributed by atoms with Crippen LogP contribution in [-0.2, 0) is 17.8 Å². The van der Waals surface area contributed by atoms with Gasteiger partial charge in [0.15, 0.2) is 0 Å². The van der Waals surface area contributed by atoms with Gasteiger partial charge in [0.1, 0.15) is 17.3 Å². The maximum absolute atomic E-state index is 15.1. The van der Waals surface area contributed by atoms with Crippen molar-refractivity contribution in [2.75, 3.05) is 44.7 Å². The van der Waals surface area contributed by atoms with Crippen molar-refractivity contribution in [1.82, 2.24) is 34.6 Å². The van der Waals surface area contributed by atoms with Crippen LogP contribution in [0.4, 0.5) is 20.4 Å². The standard InChI is InChI=1S/C29H34F2N8O/c1-19-15-38(16-20(2)34-19)17-23-11-22(3-5-32-23)35-29-33-14-21-4-6-39(28(21)36-29)24-12-26(30)25(27(31)13-24)18-37-7-9-40-10-8-37/h3-6,11-14,19-20,34H,7-10,15-18H2,1-2H3,(H,32,33,35,36)/t19-,20+. The Hall–Kier alpha value is -3.51. The van der Waals surface area contributed by atoms with Crippen LogP contribution in [0.2, 0.25) is 0 Å². The van der Waals surface area contributed by atoms with E-state index in [4.69, 9.17) is 4.74 Å². The summed E-state index contributed by atoms with van der Waals surface area (Å²) in [7, 11) is 0. The number of pyridine rings is 1. The molecule has 0 aliphatic carbocycles. The normalized spacial score (nSPS) is 20.7. The van der Waals surface area contributed by atoms with Crippen molar-refractivity contribution in [1.29, 1.82) is 0 Å². The van der Waals surface area contributed by atoms with Crippen LogP contribution in [-0.4, -0.2) is 80.8 Å². The molecule has 2 saturated heterocycles. The van der Waals surface area contributed by atoms with Crippen LogP contribution in [0.25, 0.3) is 16.7 Å². The van der Waals surface area contributed by atoms with E-state index < -0.39 is 11.6 Å². The summed E-state index contributed by atoms with van der Waals surface area (Å²) in [6.07, 6.45) is 5.23. The Morgan fingerprint density at radius 3 is 2.48 bits per heavy atom. The highest BCUT2D eigenvalue weighted by Gasteiger charge is 2.22. The Morgan fingerprint density at radius 2 is 1.73 bits per heavy atom. The number of benzene rings is 1. The second-order valence-electron chi connectivity index (χ2n) is 10.8. The fraction of sp³-hybridized carbons (Fsp3) is 0.414. The molecule has 5 heterocycles. The third-order valence-corrected chi connectivity index (χ3v) is 7.41. The summed E-state index contributed by atoms with van der Waals surface area (Å²) < 4.78 is 37.2. The molecule has 0 radical (unpaired) electrons. The van der Waals surface area contributed by atoms with E-state index in [0.717, 1.165) is 36.4 Å². The molecule has 2 aliphatic rings. The van der Waals surface area contributed by atoms with Crippen molar-refractivity contribution in [2.45, 2.75) is 39.0 Å². The van der Waals surface area contributed by atoms with Crippen molar-refractivity contribution in [3.05, 3.63) is 71.8 Å². The molecule has 2 aliphatic heterocycles. The number of halogens is 2. The number of rotatable bonds is 7.